The third-order valence-corrected chi connectivity index (χ3v) is 4.63. The van der Waals surface area contributed by atoms with Crippen molar-refractivity contribution < 1.29 is 9.53 Å². The van der Waals surface area contributed by atoms with Crippen LogP contribution in [0.3, 0.4) is 0 Å². The van der Waals surface area contributed by atoms with Gasteiger partial charge >= 0.3 is 0 Å². The van der Waals surface area contributed by atoms with Gasteiger partial charge in [-0.1, -0.05) is 12.8 Å². The first kappa shape index (κ1) is 15.8. The summed E-state index contributed by atoms with van der Waals surface area (Å²) in [6, 6.07) is 5.55. The molecule has 1 saturated heterocycles. The van der Waals surface area contributed by atoms with E-state index in [9.17, 15) is 4.79 Å². The zero-order valence-corrected chi connectivity index (χ0v) is 13.8. The lowest BCUT2D eigenvalue weighted by atomic mass is 10.1. The number of carbonyl (C=O) groups is 1. The molecular formula is C17H21N3O2S. The molecule has 6 heteroatoms. The number of hydrogen-bond acceptors (Lipinski definition) is 5. The number of nitrogens with zero attached hydrogens (tertiary/aromatic N) is 2. The summed E-state index contributed by atoms with van der Waals surface area (Å²) < 4.78 is 5.63. The number of ether oxygens (including phenoxy) is 1. The highest BCUT2D eigenvalue weighted by Gasteiger charge is 2.16. The van der Waals surface area contributed by atoms with Crippen LogP contribution in [0.2, 0.25) is 0 Å². The van der Waals surface area contributed by atoms with E-state index >= 15 is 0 Å². The maximum atomic E-state index is 12.2. The smallest absolute Gasteiger partial charge is 0.260 e. The summed E-state index contributed by atoms with van der Waals surface area (Å²) in [4.78, 5) is 18.4. The topological polar surface area (TPSA) is 68.5 Å². The number of hydrogen-bond donors (Lipinski definition) is 1. The summed E-state index contributed by atoms with van der Waals surface area (Å²) in [5.74, 6) is 0.585. The van der Waals surface area contributed by atoms with Crippen LogP contribution in [0.4, 0.5) is 5.69 Å². The number of benzene rings is 1. The molecule has 0 unspecified atom stereocenters. The van der Waals surface area contributed by atoms with Crippen LogP contribution in [0.1, 0.15) is 25.7 Å². The third kappa shape index (κ3) is 4.01. The number of carbonyl (C=O) groups excluding carboxylic acids is 1. The summed E-state index contributed by atoms with van der Waals surface area (Å²) in [6.45, 7) is 1.71. The highest BCUT2D eigenvalue weighted by molar-refractivity contribution is 7.07. The van der Waals surface area contributed by atoms with Gasteiger partial charge in [0.05, 0.1) is 16.9 Å². The molecule has 0 bridgehead atoms. The SMILES string of the molecule is Nc1cc(-c2cscn2)ccc1OCC(=O)N1CCCCCC1. The monoisotopic (exact) mass is 331 g/mol. The van der Waals surface area contributed by atoms with Gasteiger partial charge in [0.1, 0.15) is 5.75 Å². The van der Waals surface area contributed by atoms with Crippen LogP contribution in [0.15, 0.2) is 29.1 Å². The molecule has 0 atom stereocenters. The number of nitrogen functional groups attached to an aromatic ring is 1. The van der Waals surface area contributed by atoms with Crippen molar-refractivity contribution in [1.82, 2.24) is 9.88 Å². The molecule has 23 heavy (non-hydrogen) atoms. The molecule has 5 nitrogen and oxygen atoms in total. The maximum Gasteiger partial charge on any atom is 0.260 e. The van der Waals surface area contributed by atoms with Gasteiger partial charge in [-0.25, -0.2) is 4.98 Å². The zero-order chi connectivity index (χ0) is 16.1. The Morgan fingerprint density at radius 2 is 2.04 bits per heavy atom. The first-order valence-electron chi connectivity index (χ1n) is 7.93. The van der Waals surface area contributed by atoms with Crippen molar-refractivity contribution in [1.29, 1.82) is 0 Å². The normalized spacial score (nSPS) is 15.2. The largest absolute Gasteiger partial charge is 0.482 e. The third-order valence-electron chi connectivity index (χ3n) is 4.05. The second-order valence-electron chi connectivity index (χ2n) is 5.71. The summed E-state index contributed by atoms with van der Waals surface area (Å²) in [7, 11) is 0. The average Bonchev–Trinajstić information content (AvgIpc) is 2.96. The molecule has 122 valence electrons. The van der Waals surface area contributed by atoms with Crippen LogP contribution < -0.4 is 10.5 Å². The molecule has 1 aromatic heterocycles. The summed E-state index contributed by atoms with van der Waals surface area (Å²) >= 11 is 1.54. The van der Waals surface area contributed by atoms with Crippen molar-refractivity contribution in [2.75, 3.05) is 25.4 Å². The molecular weight excluding hydrogens is 310 g/mol. The fourth-order valence-electron chi connectivity index (χ4n) is 2.75. The Morgan fingerprint density at radius 1 is 1.26 bits per heavy atom. The van der Waals surface area contributed by atoms with Crippen molar-refractivity contribution in [2.24, 2.45) is 0 Å². The Morgan fingerprint density at radius 3 is 2.70 bits per heavy atom. The molecule has 3 rings (SSSR count). The van der Waals surface area contributed by atoms with Crippen LogP contribution in [-0.4, -0.2) is 35.5 Å². The molecule has 2 aromatic rings. The van der Waals surface area contributed by atoms with Crippen molar-refractivity contribution in [3.63, 3.8) is 0 Å². The predicted molar refractivity (Wildman–Crippen MR) is 92.5 cm³/mol. The standard InChI is InChI=1S/C17H21N3O2S/c18-14-9-13(15-11-23-12-19-15)5-6-16(14)22-10-17(21)20-7-3-1-2-4-8-20/h5-6,9,11-12H,1-4,7-8,10,18H2. The van der Waals surface area contributed by atoms with E-state index < -0.39 is 0 Å². The summed E-state index contributed by atoms with van der Waals surface area (Å²) in [5, 5.41) is 1.97. The van der Waals surface area contributed by atoms with E-state index in [1.807, 2.05) is 22.4 Å². The van der Waals surface area contributed by atoms with E-state index in [1.165, 1.54) is 12.8 Å². The van der Waals surface area contributed by atoms with Crippen LogP contribution in [-0.2, 0) is 4.79 Å². The molecule has 0 aliphatic carbocycles. The van der Waals surface area contributed by atoms with Gasteiger partial charge in [-0.05, 0) is 31.0 Å². The van der Waals surface area contributed by atoms with Crippen molar-refractivity contribution >= 4 is 22.9 Å². The summed E-state index contributed by atoms with van der Waals surface area (Å²) in [5.41, 5.74) is 10.2. The molecule has 2 heterocycles. The fourth-order valence-corrected chi connectivity index (χ4v) is 3.31. The zero-order valence-electron chi connectivity index (χ0n) is 13.0. The highest BCUT2D eigenvalue weighted by Crippen LogP contribution is 2.28. The number of amides is 1. The molecule has 1 aromatic carbocycles. The quantitative estimate of drug-likeness (QED) is 0.874. The first-order chi connectivity index (χ1) is 11.2. The molecule has 0 spiro atoms. The van der Waals surface area contributed by atoms with Crippen LogP contribution in [0.25, 0.3) is 11.3 Å². The Bertz CT molecular complexity index is 650. The number of nitrogens with two attached hydrogens (primary N) is 1. The Kier molecular flexibility index (Phi) is 5.12. The lowest BCUT2D eigenvalue weighted by molar-refractivity contribution is -0.133. The minimum atomic E-state index is 0.0369. The van der Waals surface area contributed by atoms with Gasteiger partial charge in [0.15, 0.2) is 6.61 Å². The number of rotatable bonds is 4. The van der Waals surface area contributed by atoms with Crippen LogP contribution in [0, 0.1) is 0 Å². The van der Waals surface area contributed by atoms with E-state index in [2.05, 4.69) is 4.98 Å². The minimum Gasteiger partial charge on any atom is -0.482 e. The van der Waals surface area contributed by atoms with Gasteiger partial charge in [0.2, 0.25) is 0 Å². The second kappa shape index (κ2) is 7.46. The Hall–Kier alpha value is -2.08. The van der Waals surface area contributed by atoms with Crippen LogP contribution >= 0.6 is 11.3 Å². The van der Waals surface area contributed by atoms with Gasteiger partial charge in [-0.3, -0.25) is 4.79 Å². The lowest BCUT2D eigenvalue weighted by Gasteiger charge is -2.20. The van der Waals surface area contributed by atoms with E-state index in [1.54, 1.807) is 22.9 Å². The predicted octanol–water partition coefficient (Wildman–Crippen LogP) is 3.17. The number of anilines is 1. The van der Waals surface area contributed by atoms with Crippen LogP contribution in [0.5, 0.6) is 5.75 Å². The Labute approximate surface area is 140 Å². The Balaban J connectivity index is 1.60. The number of thiazole rings is 1. The van der Waals surface area contributed by atoms with Gasteiger partial charge in [-0.2, -0.15) is 0 Å². The van der Waals surface area contributed by atoms with E-state index in [-0.39, 0.29) is 12.5 Å². The minimum absolute atomic E-state index is 0.0369. The average molecular weight is 331 g/mol. The molecule has 1 aliphatic heterocycles. The molecule has 1 aliphatic rings. The number of likely N-dealkylation sites (tertiary alicyclic amines) is 1. The second-order valence-corrected chi connectivity index (χ2v) is 6.43. The number of aromatic nitrogens is 1. The summed E-state index contributed by atoms with van der Waals surface area (Å²) in [6.07, 6.45) is 4.57. The van der Waals surface area contributed by atoms with E-state index in [0.717, 1.165) is 37.2 Å². The van der Waals surface area contributed by atoms with E-state index in [0.29, 0.717) is 11.4 Å². The van der Waals surface area contributed by atoms with Gasteiger partial charge in [0, 0.05) is 24.0 Å². The maximum absolute atomic E-state index is 12.2. The highest BCUT2D eigenvalue weighted by atomic mass is 32.1. The van der Waals surface area contributed by atoms with E-state index in [4.69, 9.17) is 10.5 Å². The van der Waals surface area contributed by atoms with Crippen molar-refractivity contribution in [3.05, 3.63) is 29.1 Å². The first-order valence-corrected chi connectivity index (χ1v) is 8.87. The molecule has 0 radical (unpaired) electrons. The van der Waals surface area contributed by atoms with Gasteiger partial charge in [-0.15, -0.1) is 11.3 Å². The fraction of sp³-hybridized carbons (Fsp3) is 0.412. The van der Waals surface area contributed by atoms with Crippen molar-refractivity contribution in [2.45, 2.75) is 25.7 Å². The molecule has 0 saturated carbocycles. The molecule has 1 amide bonds. The van der Waals surface area contributed by atoms with Gasteiger partial charge < -0.3 is 15.4 Å². The lowest BCUT2D eigenvalue weighted by Crippen LogP contribution is -2.35. The van der Waals surface area contributed by atoms with Gasteiger partial charge in [0.25, 0.3) is 5.91 Å². The molecule has 1 fully saturated rings. The van der Waals surface area contributed by atoms with Crippen molar-refractivity contribution in [3.8, 4) is 17.0 Å². The molecule has 2 N–H and O–H groups in total.